The number of hydrogen-bond donors (Lipinski definition) is 1. The van der Waals surface area contributed by atoms with Crippen molar-refractivity contribution in [2.75, 3.05) is 19.6 Å². The third-order valence-corrected chi connectivity index (χ3v) is 6.94. The number of pyridine rings is 1. The summed E-state index contributed by atoms with van der Waals surface area (Å²) < 4.78 is 15.5. The monoisotopic (exact) mass is 509 g/mol. The van der Waals surface area contributed by atoms with Gasteiger partial charge in [-0.2, -0.15) is 10.2 Å². The van der Waals surface area contributed by atoms with Crippen molar-refractivity contribution in [2.45, 2.75) is 64.7 Å². The van der Waals surface area contributed by atoms with E-state index in [1.165, 1.54) is 0 Å². The van der Waals surface area contributed by atoms with E-state index in [1.807, 2.05) is 64.1 Å². The molecule has 2 saturated heterocycles. The Kier molecular flexibility index (Phi) is 6.55. The van der Waals surface area contributed by atoms with Gasteiger partial charge in [0.15, 0.2) is 0 Å². The van der Waals surface area contributed by atoms with Crippen molar-refractivity contribution in [1.29, 1.82) is 0 Å². The fourth-order valence-electron chi connectivity index (χ4n) is 4.89. The van der Waals surface area contributed by atoms with E-state index < -0.39 is 5.60 Å². The molecule has 3 aromatic rings. The zero-order chi connectivity index (χ0) is 26.3. The third-order valence-electron chi connectivity index (χ3n) is 6.94. The van der Waals surface area contributed by atoms with Crippen LogP contribution in [-0.2, 0) is 16.6 Å². The van der Waals surface area contributed by atoms with Gasteiger partial charge in [0.2, 0.25) is 11.8 Å². The lowest BCUT2D eigenvalue weighted by atomic mass is 10.0. The highest BCUT2D eigenvalue weighted by molar-refractivity contribution is 5.86. The number of hydrogen-bond acceptors (Lipinski definition) is 7. The lowest BCUT2D eigenvalue weighted by Crippen LogP contribution is -2.42. The molecule has 11 heteroatoms. The maximum atomic E-state index is 12.4. The molecule has 0 radical (unpaired) electrons. The Balaban J connectivity index is 1.32. The van der Waals surface area contributed by atoms with Crippen LogP contribution in [0.5, 0.6) is 5.88 Å². The molecule has 198 valence electrons. The normalized spacial score (nSPS) is 19.8. The summed E-state index contributed by atoms with van der Waals surface area (Å²) in [6, 6.07) is 2.13. The molecule has 11 nitrogen and oxygen atoms in total. The van der Waals surface area contributed by atoms with Crippen molar-refractivity contribution in [3.8, 4) is 17.1 Å². The van der Waals surface area contributed by atoms with Crippen molar-refractivity contribution in [2.24, 2.45) is 13.0 Å². The molecule has 2 atom stereocenters. The molecule has 37 heavy (non-hydrogen) atoms. The van der Waals surface area contributed by atoms with Crippen molar-refractivity contribution in [1.82, 2.24) is 34.8 Å². The molecule has 0 spiro atoms. The number of ether oxygens (including phenoxy) is 2. The largest absolute Gasteiger partial charge is 0.474 e. The van der Waals surface area contributed by atoms with Gasteiger partial charge in [-0.25, -0.2) is 9.78 Å². The number of carbonyl (C=O) groups is 2. The molecule has 2 fully saturated rings. The Morgan fingerprint density at radius 3 is 2.65 bits per heavy atom. The second kappa shape index (κ2) is 9.68. The van der Waals surface area contributed by atoms with Gasteiger partial charge >= 0.3 is 6.09 Å². The minimum Gasteiger partial charge on any atom is -0.474 e. The topological polar surface area (TPSA) is 116 Å². The zero-order valence-electron chi connectivity index (χ0n) is 22.1. The highest BCUT2D eigenvalue weighted by Gasteiger charge is 2.30. The van der Waals surface area contributed by atoms with Gasteiger partial charge in [-0.05, 0) is 46.6 Å². The second-order valence-electron chi connectivity index (χ2n) is 11.0. The van der Waals surface area contributed by atoms with Gasteiger partial charge < -0.3 is 19.7 Å². The van der Waals surface area contributed by atoms with Gasteiger partial charge in [0, 0.05) is 57.0 Å². The Hall–Kier alpha value is -3.63. The highest BCUT2D eigenvalue weighted by Crippen LogP contribution is 2.32. The quantitative estimate of drug-likeness (QED) is 0.561. The first-order chi connectivity index (χ1) is 17.6. The van der Waals surface area contributed by atoms with Crippen LogP contribution in [-0.4, -0.2) is 72.8 Å². The van der Waals surface area contributed by atoms with Gasteiger partial charge in [0.1, 0.15) is 11.7 Å². The van der Waals surface area contributed by atoms with E-state index >= 15 is 0 Å². The maximum Gasteiger partial charge on any atom is 0.410 e. The molecule has 5 rings (SSSR count). The summed E-state index contributed by atoms with van der Waals surface area (Å²) >= 11 is 0. The summed E-state index contributed by atoms with van der Waals surface area (Å²) in [5.41, 5.74) is 1.88. The molecule has 0 aromatic carbocycles. The summed E-state index contributed by atoms with van der Waals surface area (Å²) in [5.74, 6) is 0.655. The smallest absolute Gasteiger partial charge is 0.410 e. The summed E-state index contributed by atoms with van der Waals surface area (Å²) in [5, 5.41) is 12.9. The van der Waals surface area contributed by atoms with Gasteiger partial charge in [0.25, 0.3) is 0 Å². The Morgan fingerprint density at radius 2 is 1.97 bits per heavy atom. The fraction of sp³-hybridized carbons (Fsp3) is 0.577. The summed E-state index contributed by atoms with van der Waals surface area (Å²) in [4.78, 5) is 30.7. The predicted molar refractivity (Wildman–Crippen MR) is 137 cm³/mol. The van der Waals surface area contributed by atoms with E-state index in [4.69, 9.17) is 14.5 Å². The molecule has 0 bridgehead atoms. The number of aromatic nitrogens is 5. The molecule has 2 aliphatic heterocycles. The molecular formula is C26H35N7O4. The van der Waals surface area contributed by atoms with Crippen LogP contribution in [0.4, 0.5) is 4.79 Å². The number of piperidine rings is 1. The second-order valence-corrected chi connectivity index (χ2v) is 11.0. The lowest BCUT2D eigenvalue weighted by molar-refractivity contribution is -0.119. The number of amides is 2. The van der Waals surface area contributed by atoms with E-state index in [0.29, 0.717) is 31.9 Å². The van der Waals surface area contributed by atoms with Crippen LogP contribution < -0.4 is 10.1 Å². The number of fused-ring (bicyclic) bond motifs is 1. The summed E-state index contributed by atoms with van der Waals surface area (Å²) in [7, 11) is 1.87. The SMILES string of the molecule is C[C@@H](Oc1nc(-c2cnn(C3CCN(C(=O)OC(C)(C)C)CC3)c2)cc2nn(C)cc12)[C@H]1CNC(=O)C1. The fourth-order valence-corrected chi connectivity index (χ4v) is 4.89. The van der Waals surface area contributed by atoms with E-state index in [-0.39, 0.29) is 30.1 Å². The Bertz CT molecular complexity index is 1300. The van der Waals surface area contributed by atoms with Crippen LogP contribution in [0.15, 0.2) is 24.7 Å². The van der Waals surface area contributed by atoms with Crippen LogP contribution in [0.1, 0.15) is 53.0 Å². The zero-order valence-corrected chi connectivity index (χ0v) is 22.1. The molecular weight excluding hydrogens is 474 g/mol. The number of nitrogens with zero attached hydrogens (tertiary/aromatic N) is 6. The highest BCUT2D eigenvalue weighted by atomic mass is 16.6. The Morgan fingerprint density at radius 1 is 1.22 bits per heavy atom. The van der Waals surface area contributed by atoms with Crippen molar-refractivity contribution in [3.05, 3.63) is 24.7 Å². The van der Waals surface area contributed by atoms with E-state index in [1.54, 1.807) is 9.58 Å². The first-order valence-corrected chi connectivity index (χ1v) is 12.9. The number of likely N-dealkylation sites (tertiary alicyclic amines) is 1. The van der Waals surface area contributed by atoms with Crippen LogP contribution in [0.25, 0.3) is 22.2 Å². The average Bonchev–Trinajstić information content (AvgIpc) is 3.57. The molecule has 3 aromatic heterocycles. The van der Waals surface area contributed by atoms with E-state index in [9.17, 15) is 9.59 Å². The van der Waals surface area contributed by atoms with Gasteiger partial charge in [0.05, 0.1) is 28.8 Å². The average molecular weight is 510 g/mol. The summed E-state index contributed by atoms with van der Waals surface area (Å²) in [6.07, 6.45) is 7.31. The molecule has 0 aliphatic carbocycles. The van der Waals surface area contributed by atoms with Gasteiger partial charge in [-0.15, -0.1) is 0 Å². The van der Waals surface area contributed by atoms with Crippen molar-refractivity contribution in [3.63, 3.8) is 0 Å². The summed E-state index contributed by atoms with van der Waals surface area (Å²) in [6.45, 7) is 9.47. The lowest BCUT2D eigenvalue weighted by Gasteiger charge is -2.33. The van der Waals surface area contributed by atoms with Crippen LogP contribution in [0.2, 0.25) is 0 Å². The minimum absolute atomic E-state index is 0.0537. The standard InChI is InChI=1S/C26H35N7O4/c1-16(17-10-23(34)27-12-17)36-24-20-15-31(5)30-22(20)11-21(29-24)18-13-28-33(14-18)19-6-8-32(9-7-19)25(35)37-26(2,3)4/h11,13-17,19H,6-10,12H2,1-5H3,(H,27,34)/t16-,17-/m1/s1. The minimum atomic E-state index is -0.502. The predicted octanol–water partition coefficient (Wildman–Crippen LogP) is 3.31. The number of rotatable bonds is 5. The molecule has 1 N–H and O–H groups in total. The van der Waals surface area contributed by atoms with Gasteiger partial charge in [-0.1, -0.05) is 0 Å². The Labute approximate surface area is 216 Å². The number of aryl methyl sites for hydroxylation is 1. The first-order valence-electron chi connectivity index (χ1n) is 12.9. The number of carbonyl (C=O) groups excluding carboxylic acids is 2. The van der Waals surface area contributed by atoms with E-state index in [0.717, 1.165) is 35.0 Å². The molecule has 0 saturated carbocycles. The maximum absolute atomic E-state index is 12.4. The molecule has 2 amide bonds. The van der Waals surface area contributed by atoms with Crippen LogP contribution in [0.3, 0.4) is 0 Å². The first kappa shape index (κ1) is 25.0. The third kappa shape index (κ3) is 5.55. The number of nitrogens with one attached hydrogen (secondary N) is 1. The van der Waals surface area contributed by atoms with Crippen LogP contribution in [0, 0.1) is 5.92 Å². The molecule has 5 heterocycles. The van der Waals surface area contributed by atoms with Crippen molar-refractivity contribution >= 4 is 22.9 Å². The van der Waals surface area contributed by atoms with E-state index in [2.05, 4.69) is 15.5 Å². The molecule has 2 aliphatic rings. The van der Waals surface area contributed by atoms with Crippen molar-refractivity contribution < 1.29 is 19.1 Å². The van der Waals surface area contributed by atoms with Gasteiger partial charge in [-0.3, -0.25) is 14.2 Å². The molecule has 0 unspecified atom stereocenters. The van der Waals surface area contributed by atoms with Crippen LogP contribution >= 0.6 is 0 Å².